The number of hydrogen-bond acceptors (Lipinski definition) is 4. The van der Waals surface area contributed by atoms with Gasteiger partial charge in [0.1, 0.15) is 6.10 Å². The van der Waals surface area contributed by atoms with Crippen LogP contribution in [0.5, 0.6) is 0 Å². The van der Waals surface area contributed by atoms with Gasteiger partial charge in [0, 0.05) is 5.57 Å². The monoisotopic (exact) mass is 186 g/mol. The third-order valence-electron chi connectivity index (χ3n) is 1.84. The van der Waals surface area contributed by atoms with E-state index >= 15 is 0 Å². The van der Waals surface area contributed by atoms with Gasteiger partial charge in [0.15, 0.2) is 0 Å². The second kappa shape index (κ2) is 4.99. The molecule has 0 N–H and O–H groups in total. The summed E-state index contributed by atoms with van der Waals surface area (Å²) in [6.07, 6.45) is 1.91. The molecule has 0 spiro atoms. The predicted molar refractivity (Wildman–Crippen MR) is 46.3 cm³/mol. The Kier molecular flexibility index (Phi) is 3.92. The lowest BCUT2D eigenvalue weighted by Crippen LogP contribution is -2.36. The number of esters is 1. The van der Waals surface area contributed by atoms with Gasteiger partial charge in [-0.1, -0.05) is 0 Å². The number of hydrogen-bond donors (Lipinski definition) is 0. The number of ether oxygens (including phenoxy) is 3. The van der Waals surface area contributed by atoms with Gasteiger partial charge in [0.25, 0.3) is 0 Å². The van der Waals surface area contributed by atoms with E-state index in [0.717, 1.165) is 0 Å². The van der Waals surface area contributed by atoms with Gasteiger partial charge in [0.2, 0.25) is 0 Å². The smallest absolute Gasteiger partial charge is 0.333 e. The van der Waals surface area contributed by atoms with Crippen molar-refractivity contribution in [2.45, 2.75) is 13.0 Å². The molecule has 4 heteroatoms. The third-order valence-corrected chi connectivity index (χ3v) is 1.84. The van der Waals surface area contributed by atoms with Crippen LogP contribution >= 0.6 is 0 Å². The minimum atomic E-state index is -0.312. The standard InChI is InChI=1S/C9H14O4/c1-7(9(10)11-2)3-4-13-8-5-12-6-8/h3,8H,4-6H2,1-2H3. The highest BCUT2D eigenvalue weighted by Gasteiger charge is 2.17. The zero-order valence-electron chi connectivity index (χ0n) is 7.91. The molecule has 13 heavy (non-hydrogen) atoms. The Morgan fingerprint density at radius 1 is 1.62 bits per heavy atom. The molecule has 74 valence electrons. The molecule has 0 bridgehead atoms. The van der Waals surface area contributed by atoms with Crippen molar-refractivity contribution in [2.75, 3.05) is 26.9 Å². The third kappa shape index (κ3) is 3.16. The summed E-state index contributed by atoms with van der Waals surface area (Å²) in [6.45, 7) is 3.46. The number of methoxy groups -OCH3 is 1. The molecular formula is C9H14O4. The molecule has 1 aliphatic rings. The topological polar surface area (TPSA) is 44.8 Å². The lowest BCUT2D eigenvalue weighted by molar-refractivity contribution is -0.136. The first-order valence-electron chi connectivity index (χ1n) is 4.18. The van der Waals surface area contributed by atoms with Crippen molar-refractivity contribution in [2.24, 2.45) is 0 Å². The number of carbonyl (C=O) groups excluding carboxylic acids is 1. The maximum atomic E-state index is 10.9. The molecule has 0 radical (unpaired) electrons. The van der Waals surface area contributed by atoms with Gasteiger partial charge >= 0.3 is 5.97 Å². The first-order valence-corrected chi connectivity index (χ1v) is 4.18. The summed E-state index contributed by atoms with van der Waals surface area (Å²) in [7, 11) is 1.36. The summed E-state index contributed by atoms with van der Waals surface area (Å²) in [5.41, 5.74) is 0.572. The lowest BCUT2D eigenvalue weighted by Gasteiger charge is -2.25. The highest BCUT2D eigenvalue weighted by atomic mass is 16.6. The summed E-state index contributed by atoms with van der Waals surface area (Å²) in [6, 6.07) is 0. The van der Waals surface area contributed by atoms with E-state index in [2.05, 4.69) is 4.74 Å². The highest BCUT2D eigenvalue weighted by Crippen LogP contribution is 2.05. The largest absolute Gasteiger partial charge is 0.466 e. The molecule has 1 aliphatic heterocycles. The Labute approximate surface area is 77.5 Å². The second-order valence-corrected chi connectivity index (χ2v) is 2.87. The van der Waals surface area contributed by atoms with Crippen molar-refractivity contribution in [3.63, 3.8) is 0 Å². The molecule has 4 nitrogen and oxygen atoms in total. The van der Waals surface area contributed by atoms with Gasteiger partial charge in [-0.15, -0.1) is 0 Å². The van der Waals surface area contributed by atoms with Gasteiger partial charge in [-0.2, -0.15) is 0 Å². The van der Waals surface area contributed by atoms with Crippen molar-refractivity contribution < 1.29 is 19.0 Å². The van der Waals surface area contributed by atoms with E-state index in [1.54, 1.807) is 13.0 Å². The molecular weight excluding hydrogens is 172 g/mol. The maximum absolute atomic E-state index is 10.9. The van der Waals surface area contributed by atoms with Gasteiger partial charge in [-0.3, -0.25) is 0 Å². The molecule has 1 saturated heterocycles. The molecule has 0 aromatic rings. The van der Waals surface area contributed by atoms with E-state index < -0.39 is 0 Å². The predicted octanol–water partition coefficient (Wildman–Crippen LogP) is 0.521. The molecule has 0 aromatic carbocycles. The summed E-state index contributed by atoms with van der Waals surface area (Å²) in [5, 5.41) is 0. The lowest BCUT2D eigenvalue weighted by atomic mass is 10.3. The Morgan fingerprint density at radius 3 is 2.77 bits per heavy atom. The summed E-state index contributed by atoms with van der Waals surface area (Å²) >= 11 is 0. The fourth-order valence-corrected chi connectivity index (χ4v) is 0.864. The normalized spacial score (nSPS) is 18.2. The summed E-state index contributed by atoms with van der Waals surface area (Å²) in [4.78, 5) is 10.9. The fourth-order valence-electron chi connectivity index (χ4n) is 0.864. The van der Waals surface area contributed by atoms with Crippen LogP contribution in [-0.2, 0) is 19.0 Å². The molecule has 0 aromatic heterocycles. The molecule has 0 unspecified atom stereocenters. The molecule has 1 rings (SSSR count). The Bertz CT molecular complexity index is 206. The average Bonchev–Trinajstić information content (AvgIpc) is 2.07. The fraction of sp³-hybridized carbons (Fsp3) is 0.667. The summed E-state index contributed by atoms with van der Waals surface area (Å²) in [5.74, 6) is -0.312. The molecule has 0 saturated carbocycles. The zero-order valence-corrected chi connectivity index (χ0v) is 7.91. The van der Waals surface area contributed by atoms with Crippen LogP contribution in [0.25, 0.3) is 0 Å². The van der Waals surface area contributed by atoms with E-state index in [9.17, 15) is 4.79 Å². The molecule has 1 fully saturated rings. The molecule has 0 aliphatic carbocycles. The van der Waals surface area contributed by atoms with Crippen molar-refractivity contribution in [1.29, 1.82) is 0 Å². The first-order chi connectivity index (χ1) is 6.24. The molecule has 1 heterocycles. The molecule has 0 amide bonds. The van der Waals surface area contributed by atoms with Crippen LogP contribution in [0.1, 0.15) is 6.92 Å². The Balaban J connectivity index is 2.17. The van der Waals surface area contributed by atoms with E-state index in [1.165, 1.54) is 7.11 Å². The van der Waals surface area contributed by atoms with E-state index in [4.69, 9.17) is 9.47 Å². The van der Waals surface area contributed by atoms with Crippen LogP contribution < -0.4 is 0 Å². The minimum Gasteiger partial charge on any atom is -0.466 e. The van der Waals surface area contributed by atoms with Crippen LogP contribution in [0.4, 0.5) is 0 Å². The van der Waals surface area contributed by atoms with Crippen molar-refractivity contribution in [3.05, 3.63) is 11.6 Å². The van der Waals surface area contributed by atoms with Crippen LogP contribution in [-0.4, -0.2) is 39.0 Å². The second-order valence-electron chi connectivity index (χ2n) is 2.87. The summed E-state index contributed by atoms with van der Waals surface area (Å²) < 4.78 is 14.8. The number of carbonyl (C=O) groups is 1. The van der Waals surface area contributed by atoms with Crippen molar-refractivity contribution >= 4 is 5.97 Å². The molecule has 0 atom stereocenters. The Morgan fingerprint density at radius 2 is 2.31 bits per heavy atom. The first kappa shape index (κ1) is 10.2. The van der Waals surface area contributed by atoms with Crippen molar-refractivity contribution in [1.82, 2.24) is 0 Å². The maximum Gasteiger partial charge on any atom is 0.333 e. The van der Waals surface area contributed by atoms with Crippen LogP contribution in [0.15, 0.2) is 11.6 Å². The van der Waals surface area contributed by atoms with Crippen molar-refractivity contribution in [3.8, 4) is 0 Å². The quantitative estimate of drug-likeness (QED) is 0.474. The zero-order chi connectivity index (χ0) is 9.68. The van der Waals surface area contributed by atoms with E-state index in [0.29, 0.717) is 25.4 Å². The SMILES string of the molecule is COC(=O)C(C)=CCOC1COC1. The van der Waals surface area contributed by atoms with Gasteiger partial charge in [-0.25, -0.2) is 4.79 Å². The van der Waals surface area contributed by atoms with Crippen LogP contribution in [0.3, 0.4) is 0 Å². The van der Waals surface area contributed by atoms with Crippen LogP contribution in [0.2, 0.25) is 0 Å². The van der Waals surface area contributed by atoms with E-state index in [1.807, 2.05) is 0 Å². The van der Waals surface area contributed by atoms with Gasteiger partial charge < -0.3 is 14.2 Å². The minimum absolute atomic E-state index is 0.196. The van der Waals surface area contributed by atoms with Crippen LogP contribution in [0, 0.1) is 0 Å². The highest BCUT2D eigenvalue weighted by molar-refractivity contribution is 5.87. The van der Waals surface area contributed by atoms with Gasteiger partial charge in [0.05, 0.1) is 26.9 Å². The van der Waals surface area contributed by atoms with E-state index in [-0.39, 0.29) is 12.1 Å². The number of rotatable bonds is 4. The van der Waals surface area contributed by atoms with Gasteiger partial charge in [-0.05, 0) is 13.0 Å². The average molecular weight is 186 g/mol. The Hall–Kier alpha value is -0.870.